The fourth-order valence-corrected chi connectivity index (χ4v) is 3.37. The van der Waals surface area contributed by atoms with Gasteiger partial charge in [-0.25, -0.2) is 0 Å². The molecular weight excluding hydrogens is 288 g/mol. The fourth-order valence-electron chi connectivity index (χ4n) is 3.37. The molecule has 0 bridgehead atoms. The van der Waals surface area contributed by atoms with Crippen LogP contribution in [-0.2, 0) is 6.42 Å². The molecule has 3 aromatic rings. The molecule has 116 valence electrons. The molecule has 0 N–H and O–H groups in total. The normalized spacial score (nSPS) is 16.7. The molecule has 0 saturated heterocycles. The van der Waals surface area contributed by atoms with E-state index >= 15 is 0 Å². The van der Waals surface area contributed by atoms with Gasteiger partial charge in [-0.3, -0.25) is 0 Å². The second kappa shape index (κ2) is 6.72. The van der Waals surface area contributed by atoms with Crippen LogP contribution < -0.4 is 0 Å². The topological polar surface area (TPSA) is 0 Å². The van der Waals surface area contributed by atoms with Gasteiger partial charge in [-0.05, 0) is 40.2 Å². The molecule has 0 saturated carbocycles. The van der Waals surface area contributed by atoms with Gasteiger partial charge >= 0.3 is 0 Å². The summed E-state index contributed by atoms with van der Waals surface area (Å²) in [5.41, 5.74) is 6.70. The molecule has 0 heterocycles. The van der Waals surface area contributed by atoms with Crippen molar-refractivity contribution in [3.8, 4) is 0 Å². The molecule has 0 nitrogen and oxygen atoms in total. The maximum atomic E-state index is 2.41. The summed E-state index contributed by atoms with van der Waals surface area (Å²) in [5.74, 6) is 0.426. The van der Waals surface area contributed by atoms with Crippen molar-refractivity contribution in [1.82, 2.24) is 0 Å². The summed E-state index contributed by atoms with van der Waals surface area (Å²) in [6, 6.07) is 30.0. The highest BCUT2D eigenvalue weighted by Gasteiger charge is 2.18. The van der Waals surface area contributed by atoms with Crippen molar-refractivity contribution in [3.05, 3.63) is 119 Å². The van der Waals surface area contributed by atoms with Crippen LogP contribution in [0.4, 0.5) is 0 Å². The van der Waals surface area contributed by atoms with E-state index in [-0.39, 0.29) is 0 Å². The van der Waals surface area contributed by atoms with E-state index in [4.69, 9.17) is 0 Å². The number of hydrogen-bond donors (Lipinski definition) is 0. The van der Waals surface area contributed by atoms with Crippen LogP contribution in [0, 0.1) is 5.92 Å². The Bertz CT molecular complexity index is 870. The van der Waals surface area contributed by atoms with Crippen molar-refractivity contribution in [2.75, 3.05) is 0 Å². The standard InChI is InChI=1S/C24H20/c1-3-9-19(10-4-1)15-16-20-17-22-13-7-8-14-23(22)24(18-20)21-11-5-2-6-12-21/h1-16,18,20H,17H2. The second-order valence-electron chi connectivity index (χ2n) is 6.24. The largest absolute Gasteiger partial charge is 0.0767 e. The highest BCUT2D eigenvalue weighted by atomic mass is 14.2. The third-order valence-electron chi connectivity index (χ3n) is 4.56. The van der Waals surface area contributed by atoms with E-state index in [1.54, 1.807) is 0 Å². The van der Waals surface area contributed by atoms with Crippen LogP contribution in [0.3, 0.4) is 0 Å². The van der Waals surface area contributed by atoms with Gasteiger partial charge in [-0.2, -0.15) is 0 Å². The predicted octanol–water partition coefficient (Wildman–Crippen LogP) is 6.00. The lowest BCUT2D eigenvalue weighted by Crippen LogP contribution is -2.09. The number of hydrogen-bond acceptors (Lipinski definition) is 0. The lowest BCUT2D eigenvalue weighted by atomic mass is 9.81. The van der Waals surface area contributed by atoms with Gasteiger partial charge in [0, 0.05) is 0 Å². The van der Waals surface area contributed by atoms with E-state index in [9.17, 15) is 0 Å². The van der Waals surface area contributed by atoms with E-state index < -0.39 is 0 Å². The first-order valence-electron chi connectivity index (χ1n) is 8.49. The van der Waals surface area contributed by atoms with Crippen molar-refractivity contribution in [3.63, 3.8) is 0 Å². The third-order valence-corrected chi connectivity index (χ3v) is 4.56. The summed E-state index contributed by atoms with van der Waals surface area (Å²) >= 11 is 0. The summed E-state index contributed by atoms with van der Waals surface area (Å²) in [5, 5.41) is 0. The van der Waals surface area contributed by atoms with Gasteiger partial charge in [-0.1, -0.05) is 103 Å². The van der Waals surface area contributed by atoms with Crippen molar-refractivity contribution >= 4 is 11.6 Å². The molecule has 0 spiro atoms. The molecule has 0 fully saturated rings. The number of allylic oxidation sites excluding steroid dienone is 2. The molecule has 0 aliphatic heterocycles. The zero-order valence-corrected chi connectivity index (χ0v) is 13.6. The zero-order valence-electron chi connectivity index (χ0n) is 13.6. The van der Waals surface area contributed by atoms with Crippen molar-refractivity contribution < 1.29 is 0 Å². The van der Waals surface area contributed by atoms with Gasteiger partial charge in [0.2, 0.25) is 0 Å². The maximum absolute atomic E-state index is 2.41. The van der Waals surface area contributed by atoms with Gasteiger partial charge in [0.05, 0.1) is 0 Å². The fraction of sp³-hybridized carbons (Fsp3) is 0.0833. The van der Waals surface area contributed by atoms with E-state index in [2.05, 4.69) is 103 Å². The Labute approximate surface area is 143 Å². The van der Waals surface area contributed by atoms with Gasteiger partial charge in [-0.15, -0.1) is 0 Å². The highest BCUT2D eigenvalue weighted by Crippen LogP contribution is 2.34. The highest BCUT2D eigenvalue weighted by molar-refractivity contribution is 5.83. The van der Waals surface area contributed by atoms with Crippen molar-refractivity contribution in [1.29, 1.82) is 0 Å². The smallest absolute Gasteiger partial charge is 0.00000901 e. The van der Waals surface area contributed by atoms with Gasteiger partial charge in [0.1, 0.15) is 0 Å². The maximum Gasteiger partial charge on any atom is -0.00000901 e. The number of fused-ring (bicyclic) bond motifs is 1. The Morgan fingerprint density at radius 1 is 0.708 bits per heavy atom. The van der Waals surface area contributed by atoms with Gasteiger partial charge in [0.15, 0.2) is 0 Å². The Hall–Kier alpha value is -2.86. The molecule has 1 atom stereocenters. The number of rotatable bonds is 3. The zero-order chi connectivity index (χ0) is 16.2. The van der Waals surface area contributed by atoms with Gasteiger partial charge < -0.3 is 0 Å². The molecule has 0 amide bonds. The Morgan fingerprint density at radius 2 is 1.38 bits per heavy atom. The first kappa shape index (κ1) is 14.7. The molecule has 3 aromatic carbocycles. The van der Waals surface area contributed by atoms with Crippen molar-refractivity contribution in [2.24, 2.45) is 5.92 Å². The minimum Gasteiger partial charge on any atom is -0.0767 e. The van der Waals surface area contributed by atoms with Gasteiger partial charge in [0.25, 0.3) is 0 Å². The summed E-state index contributed by atoms with van der Waals surface area (Å²) in [6.07, 6.45) is 8.04. The molecule has 0 radical (unpaired) electrons. The summed E-state index contributed by atoms with van der Waals surface area (Å²) in [6.45, 7) is 0. The summed E-state index contributed by atoms with van der Waals surface area (Å²) in [7, 11) is 0. The first-order valence-corrected chi connectivity index (χ1v) is 8.49. The molecule has 1 aliphatic carbocycles. The monoisotopic (exact) mass is 308 g/mol. The second-order valence-corrected chi connectivity index (χ2v) is 6.24. The van der Waals surface area contributed by atoms with Crippen LogP contribution >= 0.6 is 0 Å². The van der Waals surface area contributed by atoms with E-state index in [1.807, 2.05) is 0 Å². The van der Waals surface area contributed by atoms with E-state index in [0.29, 0.717) is 5.92 Å². The van der Waals surface area contributed by atoms with Crippen LogP contribution in [0.2, 0.25) is 0 Å². The Kier molecular flexibility index (Phi) is 4.12. The Balaban J connectivity index is 1.71. The van der Waals surface area contributed by atoms with E-state index in [0.717, 1.165) is 6.42 Å². The number of benzene rings is 3. The lowest BCUT2D eigenvalue weighted by Gasteiger charge is -2.23. The minimum atomic E-state index is 0.426. The van der Waals surface area contributed by atoms with Crippen LogP contribution in [0.5, 0.6) is 0 Å². The SMILES string of the molecule is C(=CC1C=C(c2ccccc2)c2ccccc2C1)c1ccccc1. The molecule has 4 rings (SSSR count). The first-order chi connectivity index (χ1) is 11.9. The summed E-state index contributed by atoms with van der Waals surface area (Å²) in [4.78, 5) is 0. The van der Waals surface area contributed by atoms with Crippen LogP contribution in [0.1, 0.15) is 22.3 Å². The lowest BCUT2D eigenvalue weighted by molar-refractivity contribution is 0.795. The van der Waals surface area contributed by atoms with Crippen LogP contribution in [0.25, 0.3) is 11.6 Å². The molecule has 24 heavy (non-hydrogen) atoms. The molecule has 1 aliphatic rings. The van der Waals surface area contributed by atoms with Crippen LogP contribution in [0.15, 0.2) is 97.1 Å². The Morgan fingerprint density at radius 3 is 2.17 bits per heavy atom. The average molecular weight is 308 g/mol. The average Bonchev–Trinajstić information content (AvgIpc) is 2.67. The summed E-state index contributed by atoms with van der Waals surface area (Å²) < 4.78 is 0. The molecular formula is C24H20. The molecule has 0 aromatic heterocycles. The molecule has 0 heteroatoms. The quantitative estimate of drug-likeness (QED) is 0.556. The third kappa shape index (κ3) is 3.09. The molecule has 1 unspecified atom stereocenters. The van der Waals surface area contributed by atoms with Crippen LogP contribution in [-0.4, -0.2) is 0 Å². The minimum absolute atomic E-state index is 0.426. The predicted molar refractivity (Wildman–Crippen MR) is 103 cm³/mol. The van der Waals surface area contributed by atoms with Crippen molar-refractivity contribution in [2.45, 2.75) is 6.42 Å². The van der Waals surface area contributed by atoms with E-state index in [1.165, 1.54) is 27.8 Å².